The zero-order valence-electron chi connectivity index (χ0n) is 14.6. The maximum Gasteiger partial charge on any atom is 0.311 e. The van der Waals surface area contributed by atoms with Gasteiger partial charge in [0.2, 0.25) is 0 Å². The molecule has 7 heteroatoms. The molecule has 1 saturated heterocycles. The number of hydrogen-bond donors (Lipinski definition) is 1. The summed E-state index contributed by atoms with van der Waals surface area (Å²) in [7, 11) is 0. The lowest BCUT2D eigenvalue weighted by atomic mass is 9.76. The molecular formula is C18H22N4O3. The SMILES string of the molecule is Cc1cc(-n2cncn2)ccc1C(=O)N1CCC(C(=O)O)(C(C)C)C1. The van der Waals surface area contributed by atoms with Crippen molar-refractivity contribution >= 4 is 11.9 Å². The highest BCUT2D eigenvalue weighted by molar-refractivity contribution is 5.96. The summed E-state index contributed by atoms with van der Waals surface area (Å²) in [6.07, 6.45) is 3.54. The van der Waals surface area contributed by atoms with Crippen molar-refractivity contribution in [2.75, 3.05) is 13.1 Å². The molecule has 1 aromatic carbocycles. The first kappa shape index (κ1) is 17.1. The number of benzene rings is 1. The molecule has 0 spiro atoms. The summed E-state index contributed by atoms with van der Waals surface area (Å²) >= 11 is 0. The van der Waals surface area contributed by atoms with Crippen molar-refractivity contribution in [3.8, 4) is 5.69 Å². The molecule has 0 aliphatic carbocycles. The second-order valence-electron chi connectivity index (χ2n) is 6.93. The first-order chi connectivity index (χ1) is 11.8. The maximum absolute atomic E-state index is 12.9. The van der Waals surface area contributed by atoms with Crippen LogP contribution in [0.1, 0.15) is 36.2 Å². The molecule has 1 fully saturated rings. The Morgan fingerprint density at radius 1 is 1.32 bits per heavy atom. The summed E-state index contributed by atoms with van der Waals surface area (Å²) in [4.78, 5) is 30.2. The molecule has 1 aliphatic heterocycles. The van der Waals surface area contributed by atoms with E-state index < -0.39 is 11.4 Å². The van der Waals surface area contributed by atoms with Crippen molar-refractivity contribution in [1.29, 1.82) is 0 Å². The second-order valence-corrected chi connectivity index (χ2v) is 6.93. The lowest BCUT2D eigenvalue weighted by molar-refractivity contribution is -0.150. The van der Waals surface area contributed by atoms with Gasteiger partial charge in [0.05, 0.1) is 11.1 Å². The largest absolute Gasteiger partial charge is 0.481 e. The van der Waals surface area contributed by atoms with Crippen molar-refractivity contribution in [2.45, 2.75) is 27.2 Å². The Hall–Kier alpha value is -2.70. The van der Waals surface area contributed by atoms with Crippen LogP contribution in [0.4, 0.5) is 0 Å². The third-order valence-corrected chi connectivity index (χ3v) is 5.24. The number of carboxylic acid groups (broad SMARTS) is 1. The van der Waals surface area contributed by atoms with Crippen LogP contribution >= 0.6 is 0 Å². The molecule has 0 radical (unpaired) electrons. The van der Waals surface area contributed by atoms with Crippen molar-refractivity contribution in [1.82, 2.24) is 19.7 Å². The monoisotopic (exact) mass is 342 g/mol. The highest BCUT2D eigenvalue weighted by Gasteiger charge is 2.48. The summed E-state index contributed by atoms with van der Waals surface area (Å²) in [5, 5.41) is 13.7. The highest BCUT2D eigenvalue weighted by atomic mass is 16.4. The van der Waals surface area contributed by atoms with Crippen LogP contribution in [0.15, 0.2) is 30.9 Å². The Morgan fingerprint density at radius 3 is 2.60 bits per heavy atom. The molecule has 0 bridgehead atoms. The Balaban J connectivity index is 1.84. The Morgan fingerprint density at radius 2 is 2.08 bits per heavy atom. The quantitative estimate of drug-likeness (QED) is 0.920. The molecule has 1 amide bonds. The standard InChI is InChI=1S/C18H22N4O3/c1-12(2)18(17(24)25)6-7-21(9-18)16(23)15-5-4-14(8-13(15)3)22-11-19-10-20-22/h4-5,8,10-12H,6-7,9H2,1-3H3,(H,24,25). The van der Waals surface area contributed by atoms with Crippen molar-refractivity contribution in [2.24, 2.45) is 11.3 Å². The first-order valence-electron chi connectivity index (χ1n) is 8.33. The van der Waals surface area contributed by atoms with Crippen LogP contribution in [-0.4, -0.2) is 49.7 Å². The van der Waals surface area contributed by atoms with E-state index in [0.717, 1.165) is 11.3 Å². The molecule has 1 aliphatic rings. The van der Waals surface area contributed by atoms with Gasteiger partial charge in [-0.05, 0) is 43.0 Å². The van der Waals surface area contributed by atoms with Crippen LogP contribution in [-0.2, 0) is 4.79 Å². The molecule has 2 aromatic rings. The topological polar surface area (TPSA) is 88.3 Å². The van der Waals surface area contributed by atoms with Crippen LogP contribution in [0, 0.1) is 18.3 Å². The van der Waals surface area contributed by atoms with E-state index in [1.807, 2.05) is 32.9 Å². The Bertz CT molecular complexity index is 801. The van der Waals surface area contributed by atoms with Crippen molar-refractivity contribution < 1.29 is 14.7 Å². The molecule has 0 saturated carbocycles. The van der Waals surface area contributed by atoms with Gasteiger partial charge in [0.15, 0.2) is 0 Å². The van der Waals surface area contributed by atoms with E-state index in [-0.39, 0.29) is 18.4 Å². The number of aromatic nitrogens is 3. The fourth-order valence-corrected chi connectivity index (χ4v) is 3.44. The molecule has 132 valence electrons. The van der Waals surface area contributed by atoms with E-state index in [4.69, 9.17) is 0 Å². The number of rotatable bonds is 4. The van der Waals surface area contributed by atoms with Crippen molar-refractivity contribution in [3.05, 3.63) is 42.0 Å². The van der Waals surface area contributed by atoms with Crippen LogP contribution in [0.25, 0.3) is 5.69 Å². The predicted molar refractivity (Wildman–Crippen MR) is 91.5 cm³/mol. The van der Waals surface area contributed by atoms with Gasteiger partial charge in [-0.25, -0.2) is 9.67 Å². The zero-order chi connectivity index (χ0) is 18.2. The number of aryl methyl sites for hydroxylation is 1. The lowest BCUT2D eigenvalue weighted by Crippen LogP contribution is -2.40. The van der Waals surface area contributed by atoms with Gasteiger partial charge in [-0.3, -0.25) is 9.59 Å². The average molecular weight is 342 g/mol. The van der Waals surface area contributed by atoms with Gasteiger partial charge in [0.1, 0.15) is 12.7 Å². The zero-order valence-corrected chi connectivity index (χ0v) is 14.6. The van der Waals surface area contributed by atoms with Gasteiger partial charge < -0.3 is 10.0 Å². The minimum absolute atomic E-state index is 0.0291. The number of nitrogens with zero attached hydrogens (tertiary/aromatic N) is 4. The fraction of sp³-hybridized carbons (Fsp3) is 0.444. The van der Waals surface area contributed by atoms with E-state index in [0.29, 0.717) is 18.5 Å². The molecule has 3 rings (SSSR count). The number of hydrogen-bond acceptors (Lipinski definition) is 4. The van der Waals surface area contributed by atoms with Crippen LogP contribution < -0.4 is 0 Å². The number of likely N-dealkylation sites (tertiary alicyclic amines) is 1. The normalized spacial score (nSPS) is 20.2. The molecular weight excluding hydrogens is 320 g/mol. The fourth-order valence-electron chi connectivity index (χ4n) is 3.44. The summed E-state index contributed by atoms with van der Waals surface area (Å²) in [6, 6.07) is 5.47. The molecule has 2 heterocycles. The van der Waals surface area contributed by atoms with Crippen LogP contribution in [0.5, 0.6) is 0 Å². The van der Waals surface area contributed by atoms with E-state index in [9.17, 15) is 14.7 Å². The summed E-state index contributed by atoms with van der Waals surface area (Å²) < 4.78 is 1.63. The average Bonchev–Trinajstić information content (AvgIpc) is 3.24. The van der Waals surface area contributed by atoms with E-state index >= 15 is 0 Å². The minimum Gasteiger partial charge on any atom is -0.481 e. The lowest BCUT2D eigenvalue weighted by Gasteiger charge is -2.28. The van der Waals surface area contributed by atoms with E-state index in [1.54, 1.807) is 22.0 Å². The predicted octanol–water partition coefficient (Wildman–Crippen LogP) is 2.15. The molecule has 1 N–H and O–H groups in total. The third kappa shape index (κ3) is 2.90. The smallest absolute Gasteiger partial charge is 0.311 e. The number of amides is 1. The van der Waals surface area contributed by atoms with Gasteiger partial charge in [0.25, 0.3) is 5.91 Å². The van der Waals surface area contributed by atoms with Crippen LogP contribution in [0.2, 0.25) is 0 Å². The van der Waals surface area contributed by atoms with Gasteiger partial charge in [-0.1, -0.05) is 13.8 Å². The van der Waals surface area contributed by atoms with Crippen LogP contribution in [0.3, 0.4) is 0 Å². The third-order valence-electron chi connectivity index (χ3n) is 5.24. The number of carbonyl (C=O) groups excluding carboxylic acids is 1. The van der Waals surface area contributed by atoms with Gasteiger partial charge in [-0.2, -0.15) is 5.10 Å². The van der Waals surface area contributed by atoms with E-state index in [2.05, 4.69) is 10.1 Å². The molecule has 1 aromatic heterocycles. The summed E-state index contributed by atoms with van der Waals surface area (Å²) in [5.41, 5.74) is 1.39. The molecule has 1 unspecified atom stereocenters. The van der Waals surface area contributed by atoms with Gasteiger partial charge >= 0.3 is 5.97 Å². The first-order valence-corrected chi connectivity index (χ1v) is 8.33. The van der Waals surface area contributed by atoms with Gasteiger partial charge in [-0.15, -0.1) is 0 Å². The summed E-state index contributed by atoms with van der Waals surface area (Å²) in [5.74, 6) is -0.971. The summed E-state index contributed by atoms with van der Waals surface area (Å²) in [6.45, 7) is 6.40. The van der Waals surface area contributed by atoms with Gasteiger partial charge in [0, 0.05) is 18.7 Å². The Kier molecular flexibility index (Phi) is 4.32. The van der Waals surface area contributed by atoms with Crippen molar-refractivity contribution in [3.63, 3.8) is 0 Å². The maximum atomic E-state index is 12.9. The number of carbonyl (C=O) groups is 2. The van der Waals surface area contributed by atoms with E-state index in [1.165, 1.54) is 6.33 Å². The Labute approximate surface area is 146 Å². The highest BCUT2D eigenvalue weighted by Crippen LogP contribution is 2.38. The molecule has 25 heavy (non-hydrogen) atoms. The number of aliphatic carboxylic acids is 1. The second kappa shape index (κ2) is 6.31. The number of carboxylic acids is 1. The molecule has 7 nitrogen and oxygen atoms in total. The minimum atomic E-state index is -0.857. The molecule has 1 atom stereocenters.